The van der Waals surface area contributed by atoms with E-state index in [1.165, 1.54) is 0 Å². The molecule has 0 saturated heterocycles. The van der Waals surface area contributed by atoms with E-state index in [9.17, 15) is 4.21 Å². The first kappa shape index (κ1) is 14.1. The van der Waals surface area contributed by atoms with Gasteiger partial charge in [0.2, 0.25) is 17.2 Å². The van der Waals surface area contributed by atoms with Gasteiger partial charge in [0.15, 0.2) is 0 Å². The summed E-state index contributed by atoms with van der Waals surface area (Å²) in [6.07, 6.45) is 0. The van der Waals surface area contributed by atoms with E-state index in [-0.39, 0.29) is 5.28 Å². The Kier molecular flexibility index (Phi) is 5.57. The van der Waals surface area contributed by atoms with Crippen LogP contribution in [0.25, 0.3) is 0 Å². The molecular formula is C9H16ClN5OS. The summed E-state index contributed by atoms with van der Waals surface area (Å²) in [5, 5.41) is 3.12. The molecule has 1 unspecified atom stereocenters. The van der Waals surface area contributed by atoms with Gasteiger partial charge in [-0.1, -0.05) is 6.92 Å². The molecule has 1 N–H and O–H groups in total. The Morgan fingerprint density at radius 1 is 1.35 bits per heavy atom. The zero-order chi connectivity index (χ0) is 12.8. The van der Waals surface area contributed by atoms with Crippen molar-refractivity contribution in [3.8, 4) is 0 Å². The minimum atomic E-state index is -0.797. The van der Waals surface area contributed by atoms with E-state index in [2.05, 4.69) is 20.3 Å². The van der Waals surface area contributed by atoms with Crippen LogP contribution in [0.5, 0.6) is 0 Å². The molecule has 1 aromatic rings. The fourth-order valence-electron chi connectivity index (χ4n) is 1.04. The number of aromatic nitrogens is 3. The predicted molar refractivity (Wildman–Crippen MR) is 71.2 cm³/mol. The summed E-state index contributed by atoms with van der Waals surface area (Å²) in [6, 6.07) is 0. The molecule has 0 spiro atoms. The number of anilines is 2. The summed E-state index contributed by atoms with van der Waals surface area (Å²) >= 11 is 5.77. The molecule has 1 rings (SSSR count). The van der Waals surface area contributed by atoms with Gasteiger partial charge in [-0.05, 0) is 11.6 Å². The first-order valence-electron chi connectivity index (χ1n) is 5.20. The molecular weight excluding hydrogens is 262 g/mol. The van der Waals surface area contributed by atoms with Crippen molar-refractivity contribution in [2.24, 2.45) is 0 Å². The smallest absolute Gasteiger partial charge is 0.230 e. The van der Waals surface area contributed by atoms with Crippen molar-refractivity contribution < 1.29 is 4.21 Å². The lowest BCUT2D eigenvalue weighted by atomic mass is 10.7. The summed E-state index contributed by atoms with van der Waals surface area (Å²) in [7, 11) is 2.84. The van der Waals surface area contributed by atoms with Crippen molar-refractivity contribution in [2.75, 3.05) is 42.4 Å². The van der Waals surface area contributed by atoms with Crippen molar-refractivity contribution in [3.05, 3.63) is 5.28 Å². The van der Waals surface area contributed by atoms with Crippen LogP contribution < -0.4 is 10.2 Å². The normalized spacial score (nSPS) is 12.2. The molecule has 8 heteroatoms. The minimum Gasteiger partial charge on any atom is -0.353 e. The van der Waals surface area contributed by atoms with E-state index in [0.29, 0.717) is 29.9 Å². The lowest BCUT2D eigenvalue weighted by molar-refractivity contribution is 0.684. The Morgan fingerprint density at radius 2 is 2.06 bits per heavy atom. The van der Waals surface area contributed by atoms with Crippen LogP contribution in [0.2, 0.25) is 5.28 Å². The van der Waals surface area contributed by atoms with Crippen molar-refractivity contribution in [1.82, 2.24) is 15.0 Å². The number of halogens is 1. The first-order valence-corrected chi connectivity index (χ1v) is 7.07. The highest BCUT2D eigenvalue weighted by molar-refractivity contribution is 7.84. The molecule has 0 radical (unpaired) electrons. The van der Waals surface area contributed by atoms with Crippen LogP contribution in [0, 0.1) is 0 Å². The van der Waals surface area contributed by atoms with Gasteiger partial charge in [0, 0.05) is 42.9 Å². The van der Waals surface area contributed by atoms with Gasteiger partial charge >= 0.3 is 0 Å². The SMILES string of the molecule is CCS(=O)CCNc1nc(Cl)nc(N(C)C)n1. The predicted octanol–water partition coefficient (Wildman–Crippen LogP) is 0.771. The molecule has 6 nitrogen and oxygen atoms in total. The molecule has 96 valence electrons. The van der Waals surface area contributed by atoms with Crippen LogP contribution in [-0.2, 0) is 10.8 Å². The van der Waals surface area contributed by atoms with Crippen molar-refractivity contribution in [3.63, 3.8) is 0 Å². The molecule has 0 aliphatic heterocycles. The van der Waals surface area contributed by atoms with Crippen LogP contribution in [0.1, 0.15) is 6.92 Å². The van der Waals surface area contributed by atoms with Gasteiger partial charge in [-0.2, -0.15) is 15.0 Å². The van der Waals surface area contributed by atoms with Crippen LogP contribution >= 0.6 is 11.6 Å². The third-order valence-corrected chi connectivity index (χ3v) is 3.40. The maximum Gasteiger partial charge on any atom is 0.230 e. The van der Waals surface area contributed by atoms with Gasteiger partial charge in [0.05, 0.1) is 0 Å². The second kappa shape index (κ2) is 6.70. The first-order chi connectivity index (χ1) is 8.02. The largest absolute Gasteiger partial charge is 0.353 e. The number of nitrogens with zero attached hydrogens (tertiary/aromatic N) is 4. The monoisotopic (exact) mass is 277 g/mol. The summed E-state index contributed by atoms with van der Waals surface area (Å²) in [6.45, 7) is 2.44. The topological polar surface area (TPSA) is 71.0 Å². The Hall–Kier alpha value is -0.950. The highest BCUT2D eigenvalue weighted by atomic mass is 35.5. The molecule has 17 heavy (non-hydrogen) atoms. The number of rotatable bonds is 6. The fraction of sp³-hybridized carbons (Fsp3) is 0.667. The summed E-state index contributed by atoms with van der Waals surface area (Å²) < 4.78 is 11.2. The van der Waals surface area contributed by atoms with Gasteiger partial charge in [-0.25, -0.2) is 0 Å². The molecule has 0 amide bonds. The minimum absolute atomic E-state index is 0.141. The maximum atomic E-state index is 11.2. The van der Waals surface area contributed by atoms with Crippen molar-refractivity contribution in [2.45, 2.75) is 6.92 Å². The Labute approximate surface area is 108 Å². The lowest BCUT2D eigenvalue weighted by Crippen LogP contribution is -2.17. The van der Waals surface area contributed by atoms with Gasteiger partial charge in [-0.15, -0.1) is 0 Å². The molecule has 1 heterocycles. The number of hydrogen-bond donors (Lipinski definition) is 1. The highest BCUT2D eigenvalue weighted by Crippen LogP contribution is 2.10. The van der Waals surface area contributed by atoms with Gasteiger partial charge in [-0.3, -0.25) is 4.21 Å². The van der Waals surface area contributed by atoms with E-state index in [1.54, 1.807) is 4.90 Å². The highest BCUT2D eigenvalue weighted by Gasteiger charge is 2.06. The quantitative estimate of drug-likeness (QED) is 0.828. The average molecular weight is 278 g/mol. The summed E-state index contributed by atoms with van der Waals surface area (Å²) in [4.78, 5) is 13.8. The van der Waals surface area contributed by atoms with E-state index in [0.717, 1.165) is 0 Å². The lowest BCUT2D eigenvalue weighted by Gasteiger charge is -2.11. The van der Waals surface area contributed by atoms with Crippen LogP contribution in [0.3, 0.4) is 0 Å². The van der Waals surface area contributed by atoms with Gasteiger partial charge < -0.3 is 10.2 Å². The molecule has 0 fully saturated rings. The van der Waals surface area contributed by atoms with E-state index >= 15 is 0 Å². The molecule has 0 saturated carbocycles. The summed E-state index contributed by atoms with van der Waals surface area (Å²) in [5.74, 6) is 2.12. The van der Waals surface area contributed by atoms with E-state index < -0.39 is 10.8 Å². The standard InChI is InChI=1S/C9H16ClN5OS/c1-4-17(16)6-5-11-8-12-7(10)13-9(14-8)15(2)3/h4-6H2,1-3H3,(H,11,12,13,14). The zero-order valence-corrected chi connectivity index (χ0v) is 11.7. The molecule has 1 aromatic heterocycles. The third kappa shape index (κ3) is 4.82. The van der Waals surface area contributed by atoms with Crippen LogP contribution in [0.4, 0.5) is 11.9 Å². The molecule has 0 aliphatic rings. The second-order valence-electron chi connectivity index (χ2n) is 3.48. The zero-order valence-electron chi connectivity index (χ0n) is 10.1. The maximum absolute atomic E-state index is 11.2. The van der Waals surface area contributed by atoms with E-state index in [1.807, 2.05) is 21.0 Å². The van der Waals surface area contributed by atoms with Crippen molar-refractivity contribution >= 4 is 34.3 Å². The summed E-state index contributed by atoms with van der Waals surface area (Å²) in [5.41, 5.74) is 0. The Bertz CT molecular complexity index is 401. The Morgan fingerprint density at radius 3 is 2.65 bits per heavy atom. The molecule has 0 aromatic carbocycles. The number of nitrogens with one attached hydrogen (secondary N) is 1. The van der Waals surface area contributed by atoms with Gasteiger partial charge in [0.1, 0.15) is 0 Å². The van der Waals surface area contributed by atoms with Crippen LogP contribution in [-0.4, -0.2) is 51.3 Å². The third-order valence-electron chi connectivity index (χ3n) is 1.93. The van der Waals surface area contributed by atoms with E-state index in [4.69, 9.17) is 11.6 Å². The average Bonchev–Trinajstić information content (AvgIpc) is 2.28. The molecule has 1 atom stereocenters. The van der Waals surface area contributed by atoms with Gasteiger partial charge in [0.25, 0.3) is 0 Å². The fourth-order valence-corrected chi connectivity index (χ4v) is 1.81. The van der Waals surface area contributed by atoms with Crippen molar-refractivity contribution in [1.29, 1.82) is 0 Å². The second-order valence-corrected chi connectivity index (χ2v) is 5.69. The molecule has 0 bridgehead atoms. The van der Waals surface area contributed by atoms with Crippen LogP contribution in [0.15, 0.2) is 0 Å². The molecule has 0 aliphatic carbocycles. The number of hydrogen-bond acceptors (Lipinski definition) is 6. The Balaban J connectivity index is 2.62.